The van der Waals surface area contributed by atoms with E-state index in [0.717, 1.165) is 31.6 Å². The summed E-state index contributed by atoms with van der Waals surface area (Å²) in [7, 11) is 0. The Morgan fingerprint density at radius 2 is 2.25 bits per heavy atom. The van der Waals surface area contributed by atoms with Gasteiger partial charge in [0.25, 0.3) is 0 Å². The molecule has 1 aromatic heterocycles. The van der Waals surface area contributed by atoms with Crippen LogP contribution in [0.25, 0.3) is 0 Å². The molecule has 0 bridgehead atoms. The Kier molecular flexibility index (Phi) is 5.92. The smallest absolute Gasteiger partial charge is 0.230 e. The number of aryl methyl sites for hydroxylation is 1. The molecule has 2 N–H and O–H groups in total. The van der Waals surface area contributed by atoms with Gasteiger partial charge < -0.3 is 5.32 Å². The number of H-pyrrole nitrogens is 1. The predicted octanol–water partition coefficient (Wildman–Crippen LogP) is 1.38. The lowest BCUT2D eigenvalue weighted by molar-refractivity contribution is -0.118. The second kappa shape index (κ2) is 7.27. The molecule has 1 amide bonds. The molecule has 0 aromatic carbocycles. The van der Waals surface area contributed by atoms with Crippen molar-refractivity contribution in [3.63, 3.8) is 0 Å². The molecule has 0 saturated carbocycles. The second-order valence-electron chi connectivity index (χ2n) is 3.45. The standard InChI is InChI=1S/C10H18N4OS/c1-3-5-8-12-10(14-13-8)16-7-9(15)11-6-4-2/h3-7H2,1-2H3,(H,11,15)(H,12,13,14). The maximum absolute atomic E-state index is 11.3. The fourth-order valence-electron chi connectivity index (χ4n) is 1.14. The van der Waals surface area contributed by atoms with Crippen molar-refractivity contribution in [3.8, 4) is 0 Å². The van der Waals surface area contributed by atoms with Crippen molar-refractivity contribution in [1.82, 2.24) is 20.5 Å². The summed E-state index contributed by atoms with van der Waals surface area (Å²) in [4.78, 5) is 15.6. The van der Waals surface area contributed by atoms with E-state index in [1.165, 1.54) is 11.8 Å². The van der Waals surface area contributed by atoms with Crippen LogP contribution >= 0.6 is 11.8 Å². The van der Waals surface area contributed by atoms with E-state index in [0.29, 0.717) is 10.9 Å². The van der Waals surface area contributed by atoms with E-state index in [9.17, 15) is 4.79 Å². The summed E-state index contributed by atoms with van der Waals surface area (Å²) in [6.07, 6.45) is 2.89. The van der Waals surface area contributed by atoms with E-state index in [4.69, 9.17) is 0 Å². The molecule has 0 saturated heterocycles. The topological polar surface area (TPSA) is 70.7 Å². The highest BCUT2D eigenvalue weighted by Crippen LogP contribution is 2.12. The van der Waals surface area contributed by atoms with Crippen molar-refractivity contribution in [3.05, 3.63) is 5.82 Å². The molecule has 0 aliphatic heterocycles. The molecular formula is C10H18N4OS. The molecule has 1 aromatic rings. The molecule has 0 aliphatic rings. The van der Waals surface area contributed by atoms with Crippen molar-refractivity contribution in [2.24, 2.45) is 0 Å². The van der Waals surface area contributed by atoms with Crippen LogP contribution in [0.1, 0.15) is 32.5 Å². The van der Waals surface area contributed by atoms with Crippen LogP contribution in [0.4, 0.5) is 0 Å². The van der Waals surface area contributed by atoms with Gasteiger partial charge in [0.05, 0.1) is 5.75 Å². The van der Waals surface area contributed by atoms with Gasteiger partial charge in [0.2, 0.25) is 11.1 Å². The quantitative estimate of drug-likeness (QED) is 0.709. The third-order valence-electron chi connectivity index (χ3n) is 1.90. The van der Waals surface area contributed by atoms with Gasteiger partial charge in [-0.2, -0.15) is 0 Å². The van der Waals surface area contributed by atoms with E-state index in [1.807, 2.05) is 6.92 Å². The first-order valence-electron chi connectivity index (χ1n) is 5.57. The minimum absolute atomic E-state index is 0.0358. The van der Waals surface area contributed by atoms with Crippen molar-refractivity contribution in [1.29, 1.82) is 0 Å². The van der Waals surface area contributed by atoms with E-state index >= 15 is 0 Å². The lowest BCUT2D eigenvalue weighted by atomic mass is 10.3. The molecule has 0 spiro atoms. The van der Waals surface area contributed by atoms with Crippen molar-refractivity contribution in [2.75, 3.05) is 12.3 Å². The lowest BCUT2D eigenvalue weighted by Gasteiger charge is -2.00. The van der Waals surface area contributed by atoms with Crippen molar-refractivity contribution in [2.45, 2.75) is 38.3 Å². The number of rotatable bonds is 7. The van der Waals surface area contributed by atoms with Crippen molar-refractivity contribution < 1.29 is 4.79 Å². The molecular weight excluding hydrogens is 224 g/mol. The van der Waals surface area contributed by atoms with Gasteiger partial charge in [-0.25, -0.2) is 4.98 Å². The van der Waals surface area contributed by atoms with Crippen LogP contribution in [0.3, 0.4) is 0 Å². The molecule has 0 aliphatic carbocycles. The Bertz CT molecular complexity index is 326. The molecule has 6 heteroatoms. The van der Waals surface area contributed by atoms with Crippen LogP contribution < -0.4 is 5.32 Å². The van der Waals surface area contributed by atoms with Gasteiger partial charge >= 0.3 is 0 Å². The van der Waals surface area contributed by atoms with Crippen LogP contribution in [0.2, 0.25) is 0 Å². The number of aromatic nitrogens is 3. The number of thioether (sulfide) groups is 1. The molecule has 1 heterocycles. The highest BCUT2D eigenvalue weighted by atomic mass is 32.2. The summed E-state index contributed by atoms with van der Waals surface area (Å²) in [5.41, 5.74) is 0. The SMILES string of the molecule is CCCNC(=O)CSc1n[nH]c(CCC)n1. The summed E-state index contributed by atoms with van der Waals surface area (Å²) in [5, 5.41) is 10.4. The first kappa shape index (κ1) is 13.0. The average molecular weight is 242 g/mol. The van der Waals surface area contributed by atoms with Gasteiger partial charge in [-0.15, -0.1) is 5.10 Å². The van der Waals surface area contributed by atoms with Crippen LogP contribution in [0.15, 0.2) is 5.16 Å². The summed E-state index contributed by atoms with van der Waals surface area (Å²) in [6, 6.07) is 0. The first-order chi connectivity index (χ1) is 7.76. The molecule has 1 rings (SSSR count). The maximum Gasteiger partial charge on any atom is 0.230 e. The summed E-state index contributed by atoms with van der Waals surface area (Å²) < 4.78 is 0. The summed E-state index contributed by atoms with van der Waals surface area (Å²) >= 11 is 1.36. The van der Waals surface area contributed by atoms with E-state index in [1.54, 1.807) is 0 Å². The molecule has 16 heavy (non-hydrogen) atoms. The van der Waals surface area contributed by atoms with Gasteiger partial charge in [0.15, 0.2) is 0 Å². The number of carbonyl (C=O) groups excluding carboxylic acids is 1. The average Bonchev–Trinajstić information content (AvgIpc) is 2.72. The Hall–Kier alpha value is -1.04. The lowest BCUT2D eigenvalue weighted by Crippen LogP contribution is -2.25. The Morgan fingerprint density at radius 3 is 2.94 bits per heavy atom. The maximum atomic E-state index is 11.3. The van der Waals surface area contributed by atoms with Gasteiger partial charge in [-0.3, -0.25) is 9.89 Å². The molecule has 0 atom stereocenters. The fraction of sp³-hybridized carbons (Fsp3) is 0.700. The van der Waals surface area contributed by atoms with Crippen molar-refractivity contribution >= 4 is 17.7 Å². The van der Waals surface area contributed by atoms with Gasteiger partial charge in [-0.1, -0.05) is 25.6 Å². The van der Waals surface area contributed by atoms with Gasteiger partial charge in [0.1, 0.15) is 5.82 Å². The third-order valence-corrected chi connectivity index (χ3v) is 2.75. The van der Waals surface area contributed by atoms with Gasteiger partial charge in [0, 0.05) is 13.0 Å². The molecule has 0 unspecified atom stereocenters. The Morgan fingerprint density at radius 1 is 1.44 bits per heavy atom. The van der Waals surface area contributed by atoms with Crippen LogP contribution in [-0.4, -0.2) is 33.4 Å². The zero-order valence-corrected chi connectivity index (χ0v) is 10.6. The van der Waals surface area contributed by atoms with E-state index < -0.39 is 0 Å². The molecule has 0 fully saturated rings. The monoisotopic (exact) mass is 242 g/mol. The number of amides is 1. The minimum Gasteiger partial charge on any atom is -0.355 e. The number of aromatic amines is 1. The Labute approximate surface area is 99.8 Å². The molecule has 90 valence electrons. The summed E-state index contributed by atoms with van der Waals surface area (Å²) in [5.74, 6) is 1.30. The predicted molar refractivity (Wildman–Crippen MR) is 64.4 cm³/mol. The number of carbonyl (C=O) groups is 1. The number of nitrogens with one attached hydrogen (secondary N) is 2. The van der Waals surface area contributed by atoms with E-state index in [2.05, 4.69) is 27.4 Å². The highest BCUT2D eigenvalue weighted by Gasteiger charge is 2.06. The van der Waals surface area contributed by atoms with Crippen LogP contribution in [0.5, 0.6) is 0 Å². The highest BCUT2D eigenvalue weighted by molar-refractivity contribution is 7.99. The molecule has 5 nitrogen and oxygen atoms in total. The van der Waals surface area contributed by atoms with E-state index in [-0.39, 0.29) is 5.91 Å². The Balaban J connectivity index is 2.28. The fourth-order valence-corrected chi connectivity index (χ4v) is 1.78. The van der Waals surface area contributed by atoms with Gasteiger partial charge in [-0.05, 0) is 12.8 Å². The first-order valence-corrected chi connectivity index (χ1v) is 6.55. The number of hydrogen-bond donors (Lipinski definition) is 2. The second-order valence-corrected chi connectivity index (χ2v) is 4.40. The molecule has 0 radical (unpaired) electrons. The summed E-state index contributed by atoms with van der Waals surface area (Å²) in [6.45, 7) is 4.85. The normalized spacial score (nSPS) is 10.4. The third kappa shape index (κ3) is 4.65. The zero-order valence-electron chi connectivity index (χ0n) is 9.75. The van der Waals surface area contributed by atoms with Crippen LogP contribution in [0, 0.1) is 0 Å². The zero-order chi connectivity index (χ0) is 11.8. The number of nitrogens with zero attached hydrogens (tertiary/aromatic N) is 2. The minimum atomic E-state index is 0.0358. The largest absolute Gasteiger partial charge is 0.355 e. The van der Waals surface area contributed by atoms with Crippen LogP contribution in [-0.2, 0) is 11.2 Å². The number of hydrogen-bond acceptors (Lipinski definition) is 4.